The zero-order valence-electron chi connectivity index (χ0n) is 8.88. The fourth-order valence-corrected chi connectivity index (χ4v) is 3.62. The average molecular weight is 180 g/mol. The van der Waals surface area contributed by atoms with E-state index < -0.39 is 0 Å². The van der Waals surface area contributed by atoms with Crippen LogP contribution in [0.15, 0.2) is 0 Å². The van der Waals surface area contributed by atoms with Gasteiger partial charge >= 0.3 is 0 Å². The molecule has 0 amide bonds. The molecular formula is C11H20N2. The lowest BCUT2D eigenvalue weighted by Gasteiger charge is -2.21. The molecule has 1 N–H and O–H groups in total. The molecule has 0 aromatic rings. The van der Waals surface area contributed by atoms with Gasteiger partial charge < -0.3 is 5.32 Å². The topological polar surface area (TPSA) is 15.3 Å². The summed E-state index contributed by atoms with van der Waals surface area (Å²) in [6.45, 7) is 9.64. The van der Waals surface area contributed by atoms with Gasteiger partial charge in [-0.05, 0) is 33.1 Å². The van der Waals surface area contributed by atoms with Crippen molar-refractivity contribution in [3.63, 3.8) is 0 Å². The smallest absolute Gasteiger partial charge is 0.0269 e. The highest BCUT2D eigenvalue weighted by atomic mass is 15.3. The first-order chi connectivity index (χ1) is 6.13. The third kappa shape index (κ3) is 0.909. The molecule has 3 aliphatic rings. The first-order valence-electron chi connectivity index (χ1n) is 5.63. The van der Waals surface area contributed by atoms with Crippen LogP contribution in [0.25, 0.3) is 0 Å². The van der Waals surface area contributed by atoms with Crippen molar-refractivity contribution in [2.75, 3.05) is 13.1 Å². The van der Waals surface area contributed by atoms with Crippen LogP contribution in [-0.4, -0.2) is 36.1 Å². The Morgan fingerprint density at radius 2 is 2.23 bits per heavy atom. The molecule has 13 heavy (non-hydrogen) atoms. The SMILES string of the molecule is CC1N[C@@H]2CN(C(C)C)CC23CC13. The van der Waals surface area contributed by atoms with Crippen molar-refractivity contribution in [2.45, 2.75) is 45.3 Å². The molecule has 3 unspecified atom stereocenters. The largest absolute Gasteiger partial charge is 0.309 e. The van der Waals surface area contributed by atoms with Gasteiger partial charge in [0.15, 0.2) is 0 Å². The van der Waals surface area contributed by atoms with Gasteiger partial charge in [0.25, 0.3) is 0 Å². The van der Waals surface area contributed by atoms with Crippen molar-refractivity contribution >= 4 is 0 Å². The number of nitrogens with one attached hydrogen (secondary N) is 1. The second-order valence-electron chi connectivity index (χ2n) is 5.57. The number of rotatable bonds is 1. The van der Waals surface area contributed by atoms with Crippen molar-refractivity contribution in [2.24, 2.45) is 11.3 Å². The lowest BCUT2D eigenvalue weighted by molar-refractivity contribution is 0.250. The van der Waals surface area contributed by atoms with E-state index in [-0.39, 0.29) is 0 Å². The summed E-state index contributed by atoms with van der Waals surface area (Å²) >= 11 is 0. The predicted octanol–water partition coefficient (Wildman–Crippen LogP) is 1.08. The zero-order chi connectivity index (χ0) is 9.22. The van der Waals surface area contributed by atoms with E-state index in [1.807, 2.05) is 0 Å². The van der Waals surface area contributed by atoms with Gasteiger partial charge in [0, 0.05) is 36.6 Å². The molecule has 2 nitrogen and oxygen atoms in total. The molecule has 0 aromatic heterocycles. The number of nitrogens with zero attached hydrogens (tertiary/aromatic N) is 1. The van der Waals surface area contributed by atoms with E-state index in [1.165, 1.54) is 19.5 Å². The lowest BCUT2D eigenvalue weighted by Crippen LogP contribution is -2.38. The van der Waals surface area contributed by atoms with Gasteiger partial charge in [-0.3, -0.25) is 4.90 Å². The second kappa shape index (κ2) is 2.29. The maximum absolute atomic E-state index is 3.75. The number of hydrogen-bond acceptors (Lipinski definition) is 2. The van der Waals surface area contributed by atoms with Crippen molar-refractivity contribution in [3.05, 3.63) is 0 Å². The van der Waals surface area contributed by atoms with Gasteiger partial charge in [0.05, 0.1) is 0 Å². The predicted molar refractivity (Wildman–Crippen MR) is 53.6 cm³/mol. The van der Waals surface area contributed by atoms with E-state index in [0.717, 1.165) is 24.0 Å². The molecule has 1 spiro atoms. The number of hydrogen-bond donors (Lipinski definition) is 1. The van der Waals surface area contributed by atoms with Crippen LogP contribution in [0.3, 0.4) is 0 Å². The number of piperidine rings is 1. The minimum absolute atomic E-state index is 0.712. The molecule has 3 rings (SSSR count). The highest BCUT2D eigenvalue weighted by molar-refractivity contribution is 5.23. The molecule has 0 bridgehead atoms. The summed E-state index contributed by atoms with van der Waals surface area (Å²) in [4.78, 5) is 2.64. The molecule has 0 radical (unpaired) electrons. The monoisotopic (exact) mass is 180 g/mol. The fraction of sp³-hybridized carbons (Fsp3) is 1.00. The molecule has 2 aliphatic heterocycles. The Morgan fingerprint density at radius 3 is 2.77 bits per heavy atom. The van der Waals surface area contributed by atoms with Crippen molar-refractivity contribution in [3.8, 4) is 0 Å². The third-order valence-electron chi connectivity index (χ3n) is 4.58. The first-order valence-corrected chi connectivity index (χ1v) is 5.63. The summed E-state index contributed by atoms with van der Waals surface area (Å²) in [5.74, 6) is 1.00. The van der Waals surface area contributed by atoms with E-state index in [4.69, 9.17) is 0 Å². The fourth-order valence-electron chi connectivity index (χ4n) is 3.62. The summed E-state index contributed by atoms with van der Waals surface area (Å²) in [6, 6.07) is 2.34. The van der Waals surface area contributed by atoms with Crippen molar-refractivity contribution in [1.82, 2.24) is 10.2 Å². The molecule has 0 aromatic carbocycles. The van der Waals surface area contributed by atoms with E-state index >= 15 is 0 Å². The van der Waals surface area contributed by atoms with Crippen LogP contribution in [0.4, 0.5) is 0 Å². The average Bonchev–Trinajstić information content (AvgIpc) is 2.54. The minimum atomic E-state index is 0.712. The second-order valence-corrected chi connectivity index (χ2v) is 5.57. The van der Waals surface area contributed by atoms with E-state index in [2.05, 4.69) is 31.0 Å². The Bertz CT molecular complexity index is 238. The molecule has 74 valence electrons. The summed E-state index contributed by atoms with van der Waals surface area (Å²) in [7, 11) is 0. The van der Waals surface area contributed by atoms with E-state index in [1.54, 1.807) is 0 Å². The molecule has 4 atom stereocenters. The maximum Gasteiger partial charge on any atom is 0.0269 e. The molecule has 2 saturated heterocycles. The summed E-state index contributed by atoms with van der Waals surface area (Å²) in [5, 5.41) is 3.75. The Balaban J connectivity index is 1.79. The van der Waals surface area contributed by atoms with Crippen LogP contribution in [0.1, 0.15) is 27.2 Å². The highest BCUT2D eigenvalue weighted by Gasteiger charge is 2.68. The van der Waals surface area contributed by atoms with Gasteiger partial charge in [0.2, 0.25) is 0 Å². The Hall–Kier alpha value is -0.0800. The van der Waals surface area contributed by atoms with Crippen LogP contribution in [0, 0.1) is 11.3 Å². The number of likely N-dealkylation sites (tertiary alicyclic amines) is 1. The van der Waals surface area contributed by atoms with Crippen LogP contribution in [0.5, 0.6) is 0 Å². The molecule has 1 saturated carbocycles. The zero-order valence-corrected chi connectivity index (χ0v) is 8.88. The minimum Gasteiger partial charge on any atom is -0.309 e. The van der Waals surface area contributed by atoms with E-state index in [9.17, 15) is 0 Å². The lowest BCUT2D eigenvalue weighted by atomic mass is 10.0. The maximum atomic E-state index is 3.75. The van der Waals surface area contributed by atoms with Crippen molar-refractivity contribution < 1.29 is 0 Å². The molecule has 2 heteroatoms. The van der Waals surface area contributed by atoms with Gasteiger partial charge in [-0.2, -0.15) is 0 Å². The summed E-state index contributed by atoms with van der Waals surface area (Å²) in [6.07, 6.45) is 1.50. The van der Waals surface area contributed by atoms with Crippen molar-refractivity contribution in [1.29, 1.82) is 0 Å². The molecule has 3 fully saturated rings. The summed E-state index contributed by atoms with van der Waals surface area (Å²) < 4.78 is 0. The first kappa shape index (κ1) is 8.25. The van der Waals surface area contributed by atoms with Gasteiger partial charge in [-0.1, -0.05) is 0 Å². The van der Waals surface area contributed by atoms with E-state index in [0.29, 0.717) is 5.41 Å². The van der Waals surface area contributed by atoms with Gasteiger partial charge in [-0.15, -0.1) is 0 Å². The van der Waals surface area contributed by atoms with Crippen LogP contribution in [-0.2, 0) is 0 Å². The van der Waals surface area contributed by atoms with Crippen LogP contribution < -0.4 is 5.32 Å². The van der Waals surface area contributed by atoms with Crippen LogP contribution in [0.2, 0.25) is 0 Å². The van der Waals surface area contributed by atoms with Gasteiger partial charge in [-0.25, -0.2) is 0 Å². The third-order valence-corrected chi connectivity index (χ3v) is 4.58. The molecule has 2 heterocycles. The molecule has 1 aliphatic carbocycles. The van der Waals surface area contributed by atoms with Crippen LogP contribution >= 0.6 is 0 Å². The standard InChI is InChI=1S/C11H20N2/c1-7(2)13-5-10-11(6-13)4-9(11)8(3)12-10/h7-10,12H,4-6H2,1-3H3/t8?,9?,10-,11?/m1/s1. The Labute approximate surface area is 80.7 Å². The van der Waals surface area contributed by atoms with Gasteiger partial charge in [0.1, 0.15) is 0 Å². The normalized spacial score (nSPS) is 54.0. The Kier molecular flexibility index (Phi) is 1.45. The quantitative estimate of drug-likeness (QED) is 0.649. The Morgan fingerprint density at radius 1 is 1.46 bits per heavy atom. The molecular weight excluding hydrogens is 160 g/mol. The highest BCUT2D eigenvalue weighted by Crippen LogP contribution is 2.63. The summed E-state index contributed by atoms with van der Waals surface area (Å²) in [5.41, 5.74) is 0.712.